The van der Waals surface area contributed by atoms with Gasteiger partial charge >= 0.3 is 16.3 Å². The van der Waals surface area contributed by atoms with Gasteiger partial charge in [0, 0.05) is 22.5 Å². The molecule has 0 spiro atoms. The van der Waals surface area contributed by atoms with Gasteiger partial charge in [-0.1, -0.05) is 28.1 Å². The van der Waals surface area contributed by atoms with Crippen LogP contribution in [0.3, 0.4) is 0 Å². The average Bonchev–Trinajstić information content (AvgIpc) is 2.50. The third-order valence-electron chi connectivity index (χ3n) is 3.33. The Bertz CT molecular complexity index is 867. The summed E-state index contributed by atoms with van der Waals surface area (Å²) in [5.41, 5.74) is 0.860. The summed E-state index contributed by atoms with van der Waals surface area (Å²) >= 11 is 3.39. The van der Waals surface area contributed by atoms with Gasteiger partial charge in [0.2, 0.25) is 0 Å². The third kappa shape index (κ3) is 6.53. The third-order valence-corrected chi connectivity index (χ3v) is 5.42. The lowest BCUT2D eigenvalue weighted by atomic mass is 10.2. The number of hydrogen-bond donors (Lipinski definition) is 0. The summed E-state index contributed by atoms with van der Waals surface area (Å²) in [5.74, 6) is 0.170. The minimum Gasteiger partial charge on any atom is -0.457 e. The van der Waals surface area contributed by atoms with E-state index in [0.717, 1.165) is 10.0 Å². The first-order chi connectivity index (χ1) is 12.1. The molecule has 0 saturated heterocycles. The Labute approximate surface area is 158 Å². The van der Waals surface area contributed by atoms with Crippen LogP contribution >= 0.6 is 15.9 Å². The first kappa shape index (κ1) is 20.6. The minimum absolute atomic E-state index is 0.0258. The Morgan fingerprint density at radius 1 is 1.08 bits per heavy atom. The molecule has 2 rings (SSSR count). The van der Waals surface area contributed by atoms with Gasteiger partial charge in [0.05, 0.1) is 5.75 Å². The van der Waals surface area contributed by atoms with Crippen molar-refractivity contribution >= 4 is 26.0 Å². The van der Waals surface area contributed by atoms with Gasteiger partial charge in [-0.3, -0.25) is 0 Å². The summed E-state index contributed by atoms with van der Waals surface area (Å²) in [4.78, 5) is 0. The Kier molecular flexibility index (Phi) is 6.57. The molecule has 9 heteroatoms. The smallest absolute Gasteiger partial charge is 0.389 e. The van der Waals surface area contributed by atoms with E-state index < -0.39 is 34.9 Å². The Balaban J connectivity index is 2.05. The van der Waals surface area contributed by atoms with E-state index >= 15 is 0 Å². The van der Waals surface area contributed by atoms with Crippen LogP contribution in [0.25, 0.3) is 0 Å². The van der Waals surface area contributed by atoms with E-state index in [1.54, 1.807) is 18.2 Å². The molecule has 0 radical (unpaired) electrons. The second-order valence-corrected chi connectivity index (χ2v) is 8.05. The van der Waals surface area contributed by atoms with Crippen molar-refractivity contribution in [1.29, 1.82) is 0 Å². The van der Waals surface area contributed by atoms with Crippen LogP contribution in [-0.2, 0) is 10.1 Å². The molecule has 4 nitrogen and oxygen atoms in total. The van der Waals surface area contributed by atoms with Crippen LogP contribution in [0.5, 0.6) is 17.2 Å². The fourth-order valence-corrected chi connectivity index (χ4v) is 3.38. The highest BCUT2D eigenvalue weighted by atomic mass is 79.9. The molecule has 0 aliphatic carbocycles. The van der Waals surface area contributed by atoms with Crippen molar-refractivity contribution in [2.24, 2.45) is 0 Å². The zero-order valence-electron chi connectivity index (χ0n) is 13.7. The molecular formula is C17H16BrF3O4S. The molecule has 2 aromatic carbocycles. The van der Waals surface area contributed by atoms with Crippen molar-refractivity contribution < 1.29 is 30.5 Å². The van der Waals surface area contributed by atoms with Gasteiger partial charge in [-0.25, -0.2) is 0 Å². The van der Waals surface area contributed by atoms with E-state index in [9.17, 15) is 21.6 Å². The molecule has 0 N–H and O–H groups in total. The van der Waals surface area contributed by atoms with Crippen LogP contribution in [0.2, 0.25) is 0 Å². The van der Waals surface area contributed by atoms with Gasteiger partial charge < -0.3 is 8.92 Å². The number of alkyl halides is 3. The maximum atomic E-state index is 12.1. The van der Waals surface area contributed by atoms with E-state index in [1.807, 2.05) is 13.0 Å². The predicted octanol–water partition coefficient (Wildman–Crippen LogP) is 5.60. The first-order valence-corrected chi connectivity index (χ1v) is 9.95. The minimum atomic E-state index is -4.40. The summed E-state index contributed by atoms with van der Waals surface area (Å²) in [6, 6.07) is 11.3. The van der Waals surface area contributed by atoms with Crippen LogP contribution in [0.15, 0.2) is 46.9 Å². The van der Waals surface area contributed by atoms with Crippen LogP contribution in [0.1, 0.15) is 18.4 Å². The molecule has 0 aliphatic heterocycles. The van der Waals surface area contributed by atoms with Gasteiger partial charge in [0.25, 0.3) is 0 Å². The maximum absolute atomic E-state index is 12.1. The van der Waals surface area contributed by atoms with Gasteiger partial charge in [-0.15, -0.1) is 0 Å². The largest absolute Gasteiger partial charge is 0.457 e. The van der Waals surface area contributed by atoms with Crippen LogP contribution < -0.4 is 8.92 Å². The van der Waals surface area contributed by atoms with E-state index in [2.05, 4.69) is 15.9 Å². The monoisotopic (exact) mass is 452 g/mol. The maximum Gasteiger partial charge on any atom is 0.389 e. The number of ether oxygens (including phenoxy) is 1. The second kappa shape index (κ2) is 8.30. The second-order valence-electron chi connectivity index (χ2n) is 5.50. The van der Waals surface area contributed by atoms with Crippen molar-refractivity contribution in [3.63, 3.8) is 0 Å². The molecule has 0 atom stereocenters. The van der Waals surface area contributed by atoms with E-state index in [4.69, 9.17) is 8.92 Å². The lowest BCUT2D eigenvalue weighted by Gasteiger charge is -2.12. The highest BCUT2D eigenvalue weighted by Gasteiger charge is 2.27. The lowest BCUT2D eigenvalue weighted by molar-refractivity contribution is -0.134. The van der Waals surface area contributed by atoms with E-state index in [0.29, 0.717) is 11.5 Å². The summed E-state index contributed by atoms with van der Waals surface area (Å²) in [7, 11) is -4.12. The van der Waals surface area contributed by atoms with Gasteiger partial charge in [0.15, 0.2) is 0 Å². The SMILES string of the molecule is Cc1c(Br)cccc1Oc1cccc(OS(=O)(=O)CCCC(F)(F)F)c1. The molecule has 142 valence electrons. The predicted molar refractivity (Wildman–Crippen MR) is 95.1 cm³/mol. The Hall–Kier alpha value is -1.74. The molecule has 0 amide bonds. The normalized spacial score (nSPS) is 12.0. The summed E-state index contributed by atoms with van der Waals surface area (Å²) in [5, 5.41) is 0. The summed E-state index contributed by atoms with van der Waals surface area (Å²) < 4.78 is 71.4. The number of hydrogen-bond acceptors (Lipinski definition) is 4. The molecular weight excluding hydrogens is 437 g/mol. The molecule has 0 saturated carbocycles. The van der Waals surface area contributed by atoms with Crippen LogP contribution in [0.4, 0.5) is 13.2 Å². The number of benzene rings is 2. The highest BCUT2D eigenvalue weighted by Crippen LogP contribution is 2.31. The van der Waals surface area contributed by atoms with Crippen LogP contribution in [0, 0.1) is 6.92 Å². The molecule has 0 fully saturated rings. The van der Waals surface area contributed by atoms with Gasteiger partial charge in [0.1, 0.15) is 17.2 Å². The van der Waals surface area contributed by atoms with Crippen molar-refractivity contribution in [3.8, 4) is 17.2 Å². The highest BCUT2D eigenvalue weighted by molar-refractivity contribution is 9.10. The molecule has 0 bridgehead atoms. The average molecular weight is 453 g/mol. The van der Waals surface area contributed by atoms with Crippen molar-refractivity contribution in [3.05, 3.63) is 52.5 Å². The zero-order valence-corrected chi connectivity index (χ0v) is 16.1. The molecule has 26 heavy (non-hydrogen) atoms. The number of halogens is 4. The van der Waals surface area contributed by atoms with E-state index in [-0.39, 0.29) is 5.75 Å². The molecule has 0 heterocycles. The van der Waals surface area contributed by atoms with Gasteiger partial charge in [-0.05, 0) is 37.6 Å². The topological polar surface area (TPSA) is 52.6 Å². The summed E-state index contributed by atoms with van der Waals surface area (Å²) in [6.07, 6.45) is -6.13. The molecule has 0 aliphatic rings. The fourth-order valence-electron chi connectivity index (χ4n) is 2.05. The van der Waals surface area contributed by atoms with Crippen molar-refractivity contribution in [2.45, 2.75) is 25.9 Å². The zero-order chi connectivity index (χ0) is 19.4. The molecule has 0 aromatic heterocycles. The lowest BCUT2D eigenvalue weighted by Crippen LogP contribution is -2.16. The summed E-state index contributed by atoms with van der Waals surface area (Å²) in [6.45, 7) is 1.85. The Morgan fingerprint density at radius 2 is 1.73 bits per heavy atom. The Morgan fingerprint density at radius 3 is 2.42 bits per heavy atom. The van der Waals surface area contributed by atoms with Crippen LogP contribution in [-0.4, -0.2) is 20.3 Å². The fraction of sp³-hybridized carbons (Fsp3) is 0.294. The molecule has 0 unspecified atom stereocenters. The molecule has 2 aromatic rings. The standard InChI is InChI=1S/C17H16BrF3O4S/c1-12-15(18)7-3-8-16(12)24-13-5-2-6-14(11-13)25-26(22,23)10-4-9-17(19,20)21/h2-3,5-8,11H,4,9-10H2,1H3. The number of rotatable bonds is 7. The van der Waals surface area contributed by atoms with Crippen molar-refractivity contribution in [2.75, 3.05) is 5.75 Å². The van der Waals surface area contributed by atoms with Crippen molar-refractivity contribution in [1.82, 2.24) is 0 Å². The van der Waals surface area contributed by atoms with E-state index in [1.165, 1.54) is 18.2 Å². The quantitative estimate of drug-likeness (QED) is 0.513. The van der Waals surface area contributed by atoms with Gasteiger partial charge in [-0.2, -0.15) is 21.6 Å². The first-order valence-electron chi connectivity index (χ1n) is 7.58.